The van der Waals surface area contributed by atoms with E-state index in [1.54, 1.807) is 38.1 Å². The quantitative estimate of drug-likeness (QED) is 0.523. The van der Waals surface area contributed by atoms with Gasteiger partial charge in [0.2, 0.25) is 11.5 Å². The predicted molar refractivity (Wildman–Crippen MR) is 116 cm³/mol. The molecule has 1 aliphatic heterocycles. The largest absolute Gasteiger partial charge is 0.438 e. The highest BCUT2D eigenvalue weighted by Crippen LogP contribution is 2.41. The number of nitrogens with two attached hydrogens (primary N) is 1. The maximum absolute atomic E-state index is 13.8. The average molecular weight is 503 g/mol. The van der Waals surface area contributed by atoms with Crippen molar-refractivity contribution in [1.82, 2.24) is 9.97 Å². The lowest BCUT2D eigenvalue weighted by Crippen LogP contribution is -2.45. The molecule has 0 spiro atoms. The van der Waals surface area contributed by atoms with Crippen LogP contribution in [0.15, 0.2) is 41.0 Å². The first-order valence-electron chi connectivity index (χ1n) is 10.3. The van der Waals surface area contributed by atoms with Crippen LogP contribution in [0.4, 0.5) is 13.2 Å². The minimum atomic E-state index is -5.16. The number of aliphatic hydroxyl groups is 2. The molecule has 0 saturated carbocycles. The summed E-state index contributed by atoms with van der Waals surface area (Å²) >= 11 is 0. The Kier molecular flexibility index (Phi) is 7.04. The van der Waals surface area contributed by atoms with Gasteiger partial charge in [-0.05, 0) is 38.0 Å². The summed E-state index contributed by atoms with van der Waals surface area (Å²) in [5.41, 5.74) is 0.791. The zero-order valence-electron chi connectivity index (χ0n) is 18.5. The molecule has 0 aliphatic carbocycles. The summed E-state index contributed by atoms with van der Waals surface area (Å²) in [6.07, 6.45) is -4.52. The lowest BCUT2D eigenvalue weighted by molar-refractivity contribution is -0.269. The molecular formula is C21H25F3N4O5S. The minimum Gasteiger partial charge on any atom is -0.438 e. The van der Waals surface area contributed by atoms with Crippen LogP contribution >= 0.6 is 0 Å². The second kappa shape index (κ2) is 9.21. The molecule has 2 aromatic rings. The molecule has 2 heterocycles. The van der Waals surface area contributed by atoms with E-state index in [0.717, 1.165) is 12.4 Å². The molecule has 13 heteroatoms. The van der Waals surface area contributed by atoms with Crippen molar-refractivity contribution in [2.75, 3.05) is 11.5 Å². The van der Waals surface area contributed by atoms with Crippen molar-refractivity contribution >= 4 is 15.6 Å². The second-order valence-corrected chi connectivity index (χ2v) is 11.1. The van der Waals surface area contributed by atoms with E-state index in [4.69, 9.17) is 10.5 Å². The van der Waals surface area contributed by atoms with E-state index in [1.165, 1.54) is 0 Å². The Hall–Kier alpha value is -2.61. The molecule has 1 aromatic carbocycles. The number of amides is 1. The maximum Gasteiger partial charge on any atom is 0.423 e. The molecule has 1 aromatic heterocycles. The van der Waals surface area contributed by atoms with E-state index in [-0.39, 0.29) is 18.1 Å². The number of nitrogens with zero attached hydrogens (tertiary/aromatic N) is 3. The van der Waals surface area contributed by atoms with Crippen LogP contribution in [0.2, 0.25) is 0 Å². The van der Waals surface area contributed by atoms with Gasteiger partial charge in [-0.25, -0.2) is 9.19 Å². The molecule has 1 aliphatic rings. The van der Waals surface area contributed by atoms with Gasteiger partial charge in [0, 0.05) is 17.9 Å². The SMILES string of the molecule is CC(C)(O)c1ccc(Oc2cnc(C(O)(CCS3(=O)=NC(=O)[C@@H](N)CC3)C(F)(F)F)cn2)cc1. The number of alkyl halides is 3. The monoisotopic (exact) mass is 502 g/mol. The number of hydrogen-bond donors (Lipinski definition) is 3. The van der Waals surface area contributed by atoms with Crippen molar-refractivity contribution in [1.29, 1.82) is 0 Å². The number of ether oxygens (including phenoxy) is 1. The molecule has 0 saturated heterocycles. The van der Waals surface area contributed by atoms with E-state index in [9.17, 15) is 32.4 Å². The second-order valence-electron chi connectivity index (χ2n) is 8.54. The molecular weight excluding hydrogens is 477 g/mol. The van der Waals surface area contributed by atoms with Crippen LogP contribution in [0.5, 0.6) is 11.6 Å². The Morgan fingerprint density at radius 1 is 1.15 bits per heavy atom. The number of halogens is 3. The minimum absolute atomic E-state index is 0.0359. The van der Waals surface area contributed by atoms with Crippen LogP contribution in [0.25, 0.3) is 0 Å². The van der Waals surface area contributed by atoms with E-state index in [2.05, 4.69) is 14.3 Å². The summed E-state index contributed by atoms with van der Waals surface area (Å²) in [7, 11) is -3.29. The molecule has 0 fully saturated rings. The third-order valence-corrected chi connectivity index (χ3v) is 7.64. The molecule has 1 amide bonds. The fraction of sp³-hybridized carbons (Fsp3) is 0.476. The molecule has 34 heavy (non-hydrogen) atoms. The van der Waals surface area contributed by atoms with Crippen LogP contribution < -0.4 is 10.5 Å². The van der Waals surface area contributed by atoms with Gasteiger partial charge in [-0.15, -0.1) is 0 Å². The predicted octanol–water partition coefficient (Wildman–Crippen LogP) is 2.36. The topological polar surface area (TPSA) is 148 Å². The number of carbonyl (C=O) groups excluding carboxylic acids is 1. The standard InChI is InChI=1S/C21H25F3N4O5S/c1-19(2,30)13-3-5-14(6-4-13)33-17-12-26-16(11-27-17)20(31,21(22,23)24)8-10-34(32)9-7-15(25)18(29)28-34/h3-6,11-12,15,30-31H,7-10,25H2,1-2H3/t15-,20?,34?/m0/s1. The van der Waals surface area contributed by atoms with E-state index >= 15 is 0 Å². The summed E-state index contributed by atoms with van der Waals surface area (Å²) in [5, 5.41) is 20.5. The fourth-order valence-corrected chi connectivity index (χ4v) is 5.30. The molecule has 3 rings (SSSR count). The zero-order valence-corrected chi connectivity index (χ0v) is 19.3. The lowest BCUT2D eigenvalue weighted by Gasteiger charge is -2.30. The average Bonchev–Trinajstić information content (AvgIpc) is 2.74. The van der Waals surface area contributed by atoms with Crippen molar-refractivity contribution in [3.63, 3.8) is 0 Å². The smallest absolute Gasteiger partial charge is 0.423 e. The Balaban J connectivity index is 1.79. The van der Waals surface area contributed by atoms with E-state index in [0.29, 0.717) is 11.3 Å². The van der Waals surface area contributed by atoms with Gasteiger partial charge < -0.3 is 20.7 Å². The van der Waals surface area contributed by atoms with Crippen molar-refractivity contribution in [3.8, 4) is 11.6 Å². The number of carbonyl (C=O) groups is 1. The third-order valence-electron chi connectivity index (χ3n) is 5.41. The zero-order chi connectivity index (χ0) is 25.4. The van der Waals surface area contributed by atoms with Gasteiger partial charge in [-0.1, -0.05) is 12.1 Å². The van der Waals surface area contributed by atoms with E-state index < -0.39 is 56.9 Å². The first-order valence-corrected chi connectivity index (χ1v) is 12.1. The maximum atomic E-state index is 13.8. The molecule has 3 atom stereocenters. The number of benzene rings is 1. The van der Waals surface area contributed by atoms with Crippen LogP contribution in [0.3, 0.4) is 0 Å². The Morgan fingerprint density at radius 2 is 1.79 bits per heavy atom. The molecule has 0 radical (unpaired) electrons. The molecule has 186 valence electrons. The normalized spacial score (nSPS) is 23.2. The van der Waals surface area contributed by atoms with Crippen molar-refractivity contribution in [2.24, 2.45) is 10.1 Å². The first-order chi connectivity index (χ1) is 15.6. The van der Waals surface area contributed by atoms with Gasteiger partial charge in [-0.2, -0.15) is 17.5 Å². The van der Waals surface area contributed by atoms with E-state index in [1.807, 2.05) is 0 Å². The summed E-state index contributed by atoms with van der Waals surface area (Å²) in [6.45, 7) is 3.22. The van der Waals surface area contributed by atoms with Crippen LogP contribution in [0.1, 0.15) is 37.9 Å². The van der Waals surface area contributed by atoms with Crippen LogP contribution in [-0.4, -0.2) is 54.0 Å². The van der Waals surface area contributed by atoms with Crippen LogP contribution in [-0.2, 0) is 25.7 Å². The third kappa shape index (κ3) is 5.71. The Labute approximate surface area is 194 Å². The van der Waals surface area contributed by atoms with Gasteiger partial charge in [0.25, 0.3) is 5.91 Å². The van der Waals surface area contributed by atoms with Crippen molar-refractivity contribution in [2.45, 2.75) is 50.1 Å². The highest BCUT2D eigenvalue weighted by molar-refractivity contribution is 7.93. The van der Waals surface area contributed by atoms with Gasteiger partial charge >= 0.3 is 6.18 Å². The molecule has 2 unspecified atom stereocenters. The highest BCUT2D eigenvalue weighted by atomic mass is 32.2. The summed E-state index contributed by atoms with van der Waals surface area (Å²) in [5.74, 6) is -1.46. The fourth-order valence-electron chi connectivity index (χ4n) is 3.22. The number of hydrogen-bond acceptors (Lipinski definition) is 8. The van der Waals surface area contributed by atoms with Gasteiger partial charge in [-0.3, -0.25) is 9.78 Å². The molecule has 4 N–H and O–H groups in total. The highest BCUT2D eigenvalue weighted by Gasteiger charge is 2.56. The summed E-state index contributed by atoms with van der Waals surface area (Å²) < 4.78 is 63.1. The van der Waals surface area contributed by atoms with Gasteiger partial charge in [0.15, 0.2) is 0 Å². The summed E-state index contributed by atoms with van der Waals surface area (Å²) in [6, 6.07) is 5.41. The van der Waals surface area contributed by atoms with Gasteiger partial charge in [0.05, 0.1) is 39.5 Å². The molecule has 9 nitrogen and oxygen atoms in total. The summed E-state index contributed by atoms with van der Waals surface area (Å²) in [4.78, 5) is 19.1. The first kappa shape index (κ1) is 26.0. The van der Waals surface area contributed by atoms with Gasteiger partial charge in [0.1, 0.15) is 5.75 Å². The number of aromatic nitrogens is 2. The van der Waals surface area contributed by atoms with Crippen molar-refractivity contribution in [3.05, 3.63) is 47.9 Å². The Bertz CT molecular complexity index is 1160. The number of rotatable bonds is 7. The lowest BCUT2D eigenvalue weighted by atomic mass is 9.96. The molecule has 0 bridgehead atoms. The van der Waals surface area contributed by atoms with Crippen LogP contribution in [0, 0.1) is 0 Å². The Morgan fingerprint density at radius 3 is 2.29 bits per heavy atom. The van der Waals surface area contributed by atoms with Crippen molar-refractivity contribution < 1.29 is 37.1 Å².